The van der Waals surface area contributed by atoms with Gasteiger partial charge in [-0.15, -0.1) is 0 Å². The highest BCUT2D eigenvalue weighted by Gasteiger charge is 2.26. The van der Waals surface area contributed by atoms with Crippen molar-refractivity contribution in [2.75, 3.05) is 7.11 Å². The number of esters is 1. The monoisotopic (exact) mass is 326 g/mol. The summed E-state index contributed by atoms with van der Waals surface area (Å²) in [6.07, 6.45) is -0.750. The van der Waals surface area contributed by atoms with Crippen LogP contribution < -0.4 is 4.74 Å². The molecule has 124 valence electrons. The molecule has 2 rings (SSSR count). The van der Waals surface area contributed by atoms with Gasteiger partial charge in [0.25, 0.3) is 0 Å². The third kappa shape index (κ3) is 3.30. The summed E-state index contributed by atoms with van der Waals surface area (Å²) in [5.74, 6) is -0.264. The van der Waals surface area contributed by atoms with Crippen molar-refractivity contribution in [1.82, 2.24) is 4.98 Å². The van der Waals surface area contributed by atoms with Gasteiger partial charge in [-0.25, -0.2) is 4.79 Å². The van der Waals surface area contributed by atoms with Crippen molar-refractivity contribution in [2.45, 2.75) is 26.9 Å². The molecule has 1 heterocycles. The molecule has 0 unspecified atom stereocenters. The number of aromatic amines is 1. The van der Waals surface area contributed by atoms with Crippen LogP contribution in [0.5, 0.6) is 5.75 Å². The van der Waals surface area contributed by atoms with E-state index in [1.165, 1.54) is 7.11 Å². The Labute approximate surface area is 140 Å². The van der Waals surface area contributed by atoms with Crippen LogP contribution in [0.4, 0.5) is 0 Å². The molecular formula is C18H18N2O4. The van der Waals surface area contributed by atoms with E-state index in [0.717, 1.165) is 0 Å². The van der Waals surface area contributed by atoms with Crippen LogP contribution in [0.3, 0.4) is 0 Å². The molecule has 1 N–H and O–H groups in total. The molecule has 24 heavy (non-hydrogen) atoms. The standard InChI is InChI=1S/C18H18N2O4/c1-10-15(18(22)23-4)11(2)20-16(10)17(21)12(3)24-14-7-5-13(9-19)6-8-14/h5-8,12,20H,1-4H3/t12-/m0/s1. The van der Waals surface area contributed by atoms with E-state index < -0.39 is 12.1 Å². The quantitative estimate of drug-likeness (QED) is 0.673. The van der Waals surface area contributed by atoms with Crippen LogP contribution in [0.25, 0.3) is 0 Å². The maximum Gasteiger partial charge on any atom is 0.339 e. The lowest BCUT2D eigenvalue weighted by Gasteiger charge is -2.13. The summed E-state index contributed by atoms with van der Waals surface area (Å²) in [6.45, 7) is 5.04. The summed E-state index contributed by atoms with van der Waals surface area (Å²) in [4.78, 5) is 27.3. The van der Waals surface area contributed by atoms with Gasteiger partial charge >= 0.3 is 5.97 Å². The number of nitrogens with zero attached hydrogens (tertiary/aromatic N) is 1. The largest absolute Gasteiger partial charge is 0.483 e. The number of rotatable bonds is 5. The van der Waals surface area contributed by atoms with E-state index in [9.17, 15) is 9.59 Å². The van der Waals surface area contributed by atoms with E-state index in [0.29, 0.717) is 33.8 Å². The van der Waals surface area contributed by atoms with Crippen molar-refractivity contribution >= 4 is 11.8 Å². The molecule has 0 aliphatic heterocycles. The van der Waals surface area contributed by atoms with E-state index in [-0.39, 0.29) is 5.78 Å². The highest BCUT2D eigenvalue weighted by Crippen LogP contribution is 2.22. The molecule has 0 radical (unpaired) electrons. The van der Waals surface area contributed by atoms with Crippen LogP contribution in [0.1, 0.15) is 44.6 Å². The minimum absolute atomic E-state index is 0.268. The number of hydrogen-bond donors (Lipinski definition) is 1. The molecule has 1 atom stereocenters. The van der Waals surface area contributed by atoms with Gasteiger partial charge in [0, 0.05) is 5.69 Å². The van der Waals surface area contributed by atoms with Crippen molar-refractivity contribution in [3.8, 4) is 11.8 Å². The highest BCUT2D eigenvalue weighted by atomic mass is 16.5. The Morgan fingerprint density at radius 1 is 1.21 bits per heavy atom. The first-order valence-electron chi connectivity index (χ1n) is 7.37. The number of aryl methyl sites for hydroxylation is 1. The van der Waals surface area contributed by atoms with Gasteiger partial charge in [0.2, 0.25) is 5.78 Å². The lowest BCUT2D eigenvalue weighted by molar-refractivity contribution is 0.0599. The van der Waals surface area contributed by atoms with Gasteiger partial charge in [0.1, 0.15) is 5.75 Å². The Morgan fingerprint density at radius 3 is 2.38 bits per heavy atom. The summed E-state index contributed by atoms with van der Waals surface area (Å²) in [5.41, 5.74) is 2.33. The lowest BCUT2D eigenvalue weighted by Crippen LogP contribution is -2.25. The molecule has 2 aromatic rings. The number of methoxy groups -OCH3 is 1. The Balaban J connectivity index is 2.22. The Bertz CT molecular complexity index is 813. The Morgan fingerprint density at radius 2 is 1.83 bits per heavy atom. The zero-order chi connectivity index (χ0) is 17.9. The highest BCUT2D eigenvalue weighted by molar-refractivity contribution is 6.03. The second kappa shape index (κ2) is 7.01. The average molecular weight is 326 g/mol. The van der Waals surface area contributed by atoms with Crippen LogP contribution in [0.2, 0.25) is 0 Å². The second-order valence-corrected chi connectivity index (χ2v) is 5.38. The molecule has 0 aliphatic carbocycles. The van der Waals surface area contributed by atoms with E-state index in [1.54, 1.807) is 45.0 Å². The number of nitrogens with one attached hydrogen (secondary N) is 1. The van der Waals surface area contributed by atoms with Crippen molar-refractivity contribution in [3.05, 3.63) is 52.3 Å². The van der Waals surface area contributed by atoms with Crippen LogP contribution in [0.15, 0.2) is 24.3 Å². The van der Waals surface area contributed by atoms with E-state index in [1.807, 2.05) is 6.07 Å². The summed E-state index contributed by atoms with van der Waals surface area (Å²) in [6, 6.07) is 8.52. The van der Waals surface area contributed by atoms with Crippen molar-refractivity contribution in [2.24, 2.45) is 0 Å². The number of nitriles is 1. The summed E-state index contributed by atoms with van der Waals surface area (Å²) < 4.78 is 10.4. The maximum atomic E-state index is 12.6. The molecule has 0 aliphatic rings. The van der Waals surface area contributed by atoms with Crippen LogP contribution in [-0.2, 0) is 4.74 Å². The molecule has 0 saturated carbocycles. The summed E-state index contributed by atoms with van der Waals surface area (Å²) in [7, 11) is 1.30. The molecular weight excluding hydrogens is 308 g/mol. The molecule has 1 aromatic carbocycles. The zero-order valence-corrected chi connectivity index (χ0v) is 14.0. The molecule has 6 nitrogen and oxygen atoms in total. The summed E-state index contributed by atoms with van der Waals surface area (Å²) in [5, 5.41) is 8.78. The fraction of sp³-hybridized carbons (Fsp3) is 0.278. The third-order valence-electron chi connectivity index (χ3n) is 3.74. The average Bonchev–Trinajstić information content (AvgIpc) is 2.88. The Hall–Kier alpha value is -3.07. The number of carbonyl (C=O) groups excluding carboxylic acids is 2. The topological polar surface area (TPSA) is 92.2 Å². The van der Waals surface area contributed by atoms with E-state index >= 15 is 0 Å². The first-order chi connectivity index (χ1) is 11.4. The van der Waals surface area contributed by atoms with E-state index in [2.05, 4.69) is 4.98 Å². The fourth-order valence-electron chi connectivity index (χ4n) is 2.47. The molecule has 0 fully saturated rings. The number of aromatic nitrogens is 1. The Kier molecular flexibility index (Phi) is 5.05. The third-order valence-corrected chi connectivity index (χ3v) is 3.74. The van der Waals surface area contributed by atoms with Gasteiger partial charge in [-0.3, -0.25) is 4.79 Å². The van der Waals surface area contributed by atoms with E-state index in [4.69, 9.17) is 14.7 Å². The van der Waals surface area contributed by atoms with Crippen molar-refractivity contribution in [3.63, 3.8) is 0 Å². The number of ether oxygens (including phenoxy) is 2. The molecule has 0 amide bonds. The number of benzene rings is 1. The fourth-order valence-corrected chi connectivity index (χ4v) is 2.47. The van der Waals surface area contributed by atoms with Gasteiger partial charge < -0.3 is 14.5 Å². The smallest absolute Gasteiger partial charge is 0.339 e. The number of hydrogen-bond acceptors (Lipinski definition) is 5. The SMILES string of the molecule is COC(=O)c1c(C)[nH]c(C(=O)[C@H](C)Oc2ccc(C#N)cc2)c1C. The maximum absolute atomic E-state index is 12.6. The number of carbonyl (C=O) groups is 2. The van der Waals surface area contributed by atoms with Gasteiger partial charge in [-0.1, -0.05) is 0 Å². The van der Waals surface area contributed by atoms with Crippen molar-refractivity contribution in [1.29, 1.82) is 5.26 Å². The first-order valence-corrected chi connectivity index (χ1v) is 7.37. The number of ketones is 1. The van der Waals surface area contributed by atoms with Crippen molar-refractivity contribution < 1.29 is 19.1 Å². The van der Waals surface area contributed by atoms with Gasteiger partial charge in [0.15, 0.2) is 6.10 Å². The molecule has 6 heteroatoms. The zero-order valence-electron chi connectivity index (χ0n) is 14.0. The number of Topliss-reactive ketones (excluding diaryl/α,β-unsaturated/α-hetero) is 1. The molecule has 0 spiro atoms. The van der Waals surface area contributed by atoms with Gasteiger partial charge in [-0.2, -0.15) is 5.26 Å². The van der Waals surface area contributed by atoms with Gasteiger partial charge in [-0.05, 0) is 50.6 Å². The predicted molar refractivity (Wildman–Crippen MR) is 87.2 cm³/mol. The van der Waals surface area contributed by atoms with Crippen LogP contribution in [0, 0.1) is 25.2 Å². The number of H-pyrrole nitrogens is 1. The van der Waals surface area contributed by atoms with Crippen LogP contribution >= 0.6 is 0 Å². The molecule has 0 bridgehead atoms. The first kappa shape index (κ1) is 17.3. The lowest BCUT2D eigenvalue weighted by atomic mass is 10.1. The minimum atomic E-state index is -0.750. The van der Waals surface area contributed by atoms with Crippen LogP contribution in [-0.4, -0.2) is 30.0 Å². The molecule has 1 aromatic heterocycles. The second-order valence-electron chi connectivity index (χ2n) is 5.38. The summed E-state index contributed by atoms with van der Waals surface area (Å²) >= 11 is 0. The molecule has 0 saturated heterocycles. The van der Waals surface area contributed by atoms with Gasteiger partial charge in [0.05, 0.1) is 30.0 Å². The predicted octanol–water partition coefficient (Wildman–Crippen LogP) is 2.94. The minimum Gasteiger partial charge on any atom is -0.483 e. The normalized spacial score (nSPS) is 11.5.